The van der Waals surface area contributed by atoms with E-state index in [2.05, 4.69) is 33.2 Å². The predicted molar refractivity (Wildman–Crippen MR) is 72.6 cm³/mol. The Labute approximate surface area is 114 Å². The number of aromatic nitrogens is 2. The largest absolute Gasteiger partial charge is 0.336 e. The van der Waals surface area contributed by atoms with E-state index >= 15 is 0 Å². The molecule has 96 valence electrons. The molecular weight excluding hydrogens is 297 g/mol. The first kappa shape index (κ1) is 13.2. The van der Waals surface area contributed by atoms with Crippen molar-refractivity contribution in [3.8, 4) is 0 Å². The monoisotopic (exact) mass is 311 g/mol. The molecule has 2 rings (SSSR count). The fourth-order valence-corrected chi connectivity index (χ4v) is 2.06. The molecule has 1 aromatic heterocycles. The van der Waals surface area contributed by atoms with Crippen LogP contribution < -0.4 is 5.32 Å². The fraction of sp³-hybridized carbons (Fsp3) is 0.308. The molecule has 0 aliphatic heterocycles. The van der Waals surface area contributed by atoms with Gasteiger partial charge >= 0.3 is 0 Å². The summed E-state index contributed by atoms with van der Waals surface area (Å²) in [7, 11) is 0. The van der Waals surface area contributed by atoms with Crippen LogP contribution in [-0.2, 0) is 13.1 Å². The van der Waals surface area contributed by atoms with Crippen molar-refractivity contribution in [2.24, 2.45) is 0 Å². The lowest BCUT2D eigenvalue weighted by Gasteiger charge is -2.14. The standard InChI is InChI=1S/C13H15BrFN3/c1-10(8-18-5-4-16-9-18)17-7-11-2-3-12(14)6-13(11)15/h2-6,9-10,17H,7-8H2,1H3/t10-/m0/s1. The van der Waals surface area contributed by atoms with Crippen molar-refractivity contribution in [3.05, 3.63) is 52.8 Å². The van der Waals surface area contributed by atoms with Crippen LogP contribution in [0.4, 0.5) is 4.39 Å². The van der Waals surface area contributed by atoms with Crippen molar-refractivity contribution in [2.45, 2.75) is 26.1 Å². The molecular formula is C13H15BrFN3. The summed E-state index contributed by atoms with van der Waals surface area (Å²) >= 11 is 3.25. The smallest absolute Gasteiger partial charge is 0.128 e. The molecule has 0 radical (unpaired) electrons. The first-order valence-corrected chi connectivity index (χ1v) is 6.57. The third-order valence-corrected chi connectivity index (χ3v) is 3.19. The topological polar surface area (TPSA) is 29.9 Å². The highest BCUT2D eigenvalue weighted by molar-refractivity contribution is 9.10. The number of hydrogen-bond acceptors (Lipinski definition) is 2. The van der Waals surface area contributed by atoms with E-state index in [1.807, 2.05) is 16.8 Å². The Morgan fingerprint density at radius 2 is 2.33 bits per heavy atom. The lowest BCUT2D eigenvalue weighted by Crippen LogP contribution is -2.29. The summed E-state index contributed by atoms with van der Waals surface area (Å²) in [6.07, 6.45) is 5.44. The summed E-state index contributed by atoms with van der Waals surface area (Å²) in [5, 5.41) is 3.29. The quantitative estimate of drug-likeness (QED) is 0.920. The van der Waals surface area contributed by atoms with Gasteiger partial charge in [0.1, 0.15) is 5.82 Å². The highest BCUT2D eigenvalue weighted by Crippen LogP contribution is 2.15. The van der Waals surface area contributed by atoms with Gasteiger partial charge < -0.3 is 9.88 Å². The molecule has 1 heterocycles. The highest BCUT2D eigenvalue weighted by atomic mass is 79.9. The van der Waals surface area contributed by atoms with E-state index in [-0.39, 0.29) is 11.9 Å². The van der Waals surface area contributed by atoms with E-state index in [9.17, 15) is 4.39 Å². The van der Waals surface area contributed by atoms with Gasteiger partial charge in [-0.2, -0.15) is 0 Å². The Morgan fingerprint density at radius 1 is 1.50 bits per heavy atom. The fourth-order valence-electron chi connectivity index (χ4n) is 1.72. The molecule has 3 nitrogen and oxygen atoms in total. The molecule has 0 spiro atoms. The number of halogens is 2. The van der Waals surface area contributed by atoms with Crippen LogP contribution in [-0.4, -0.2) is 15.6 Å². The van der Waals surface area contributed by atoms with Crippen molar-refractivity contribution in [1.82, 2.24) is 14.9 Å². The lowest BCUT2D eigenvalue weighted by molar-refractivity contribution is 0.468. The number of rotatable bonds is 5. The Morgan fingerprint density at radius 3 is 3.00 bits per heavy atom. The number of nitrogens with one attached hydrogen (secondary N) is 1. The van der Waals surface area contributed by atoms with Crippen LogP contribution in [0, 0.1) is 5.82 Å². The predicted octanol–water partition coefficient (Wildman–Crippen LogP) is 2.96. The summed E-state index contributed by atoms with van der Waals surface area (Å²) in [6.45, 7) is 3.41. The second kappa shape index (κ2) is 6.11. The first-order chi connectivity index (χ1) is 8.65. The minimum atomic E-state index is -0.188. The van der Waals surface area contributed by atoms with E-state index in [0.29, 0.717) is 12.1 Å². The normalized spacial score (nSPS) is 12.6. The number of imidazole rings is 1. The van der Waals surface area contributed by atoms with Gasteiger partial charge in [0.2, 0.25) is 0 Å². The SMILES string of the molecule is C[C@@H](Cn1ccnc1)NCc1ccc(Br)cc1F. The van der Waals surface area contributed by atoms with Gasteiger partial charge in [-0.25, -0.2) is 9.37 Å². The zero-order valence-electron chi connectivity index (χ0n) is 10.1. The molecule has 0 fully saturated rings. The van der Waals surface area contributed by atoms with Crippen molar-refractivity contribution in [1.29, 1.82) is 0 Å². The van der Waals surface area contributed by atoms with Crippen LogP contribution in [0.5, 0.6) is 0 Å². The van der Waals surface area contributed by atoms with E-state index < -0.39 is 0 Å². The lowest BCUT2D eigenvalue weighted by atomic mass is 10.2. The van der Waals surface area contributed by atoms with Gasteiger partial charge in [-0.3, -0.25) is 0 Å². The third kappa shape index (κ3) is 3.65. The van der Waals surface area contributed by atoms with Gasteiger partial charge in [0, 0.05) is 41.6 Å². The third-order valence-electron chi connectivity index (χ3n) is 2.70. The zero-order valence-corrected chi connectivity index (χ0v) is 11.7. The summed E-state index contributed by atoms with van der Waals surface area (Å²) in [5.74, 6) is -0.188. The van der Waals surface area contributed by atoms with Gasteiger partial charge in [-0.05, 0) is 19.1 Å². The van der Waals surface area contributed by atoms with Crippen molar-refractivity contribution in [2.75, 3.05) is 0 Å². The van der Waals surface area contributed by atoms with Gasteiger partial charge in [-0.1, -0.05) is 22.0 Å². The van der Waals surface area contributed by atoms with E-state index in [0.717, 1.165) is 11.0 Å². The molecule has 0 unspecified atom stereocenters. The molecule has 1 N–H and O–H groups in total. The second-order valence-electron chi connectivity index (χ2n) is 4.28. The molecule has 0 aliphatic rings. The van der Waals surface area contributed by atoms with Gasteiger partial charge in [0.25, 0.3) is 0 Å². The summed E-state index contributed by atoms with van der Waals surface area (Å²) in [5.41, 5.74) is 0.677. The van der Waals surface area contributed by atoms with Gasteiger partial charge in [-0.15, -0.1) is 0 Å². The molecule has 1 aromatic carbocycles. The Kier molecular flexibility index (Phi) is 4.49. The molecule has 0 aliphatic carbocycles. The van der Waals surface area contributed by atoms with E-state index in [4.69, 9.17) is 0 Å². The Balaban J connectivity index is 1.87. The maximum absolute atomic E-state index is 13.6. The molecule has 18 heavy (non-hydrogen) atoms. The van der Waals surface area contributed by atoms with Crippen LogP contribution in [0.25, 0.3) is 0 Å². The average Bonchev–Trinajstić information content (AvgIpc) is 2.80. The Bertz CT molecular complexity index is 499. The maximum Gasteiger partial charge on any atom is 0.128 e. The molecule has 0 saturated carbocycles. The second-order valence-corrected chi connectivity index (χ2v) is 5.19. The number of benzene rings is 1. The summed E-state index contributed by atoms with van der Waals surface area (Å²) in [6, 6.07) is 5.37. The van der Waals surface area contributed by atoms with E-state index in [1.54, 1.807) is 18.6 Å². The maximum atomic E-state index is 13.6. The van der Waals surface area contributed by atoms with Crippen LogP contribution >= 0.6 is 15.9 Å². The number of nitrogens with zero attached hydrogens (tertiary/aromatic N) is 2. The molecule has 1 atom stereocenters. The van der Waals surface area contributed by atoms with Crippen molar-refractivity contribution >= 4 is 15.9 Å². The summed E-state index contributed by atoms with van der Waals surface area (Å²) in [4.78, 5) is 3.99. The van der Waals surface area contributed by atoms with E-state index in [1.165, 1.54) is 6.07 Å². The average molecular weight is 312 g/mol. The van der Waals surface area contributed by atoms with Gasteiger partial charge in [0.15, 0.2) is 0 Å². The summed E-state index contributed by atoms with van der Waals surface area (Å²) < 4.78 is 16.3. The number of hydrogen-bond donors (Lipinski definition) is 1. The molecule has 5 heteroatoms. The minimum Gasteiger partial charge on any atom is -0.336 e. The molecule has 0 saturated heterocycles. The van der Waals surface area contributed by atoms with Crippen LogP contribution in [0.3, 0.4) is 0 Å². The van der Waals surface area contributed by atoms with Crippen molar-refractivity contribution < 1.29 is 4.39 Å². The molecule has 0 amide bonds. The van der Waals surface area contributed by atoms with Crippen LogP contribution in [0.2, 0.25) is 0 Å². The Hall–Kier alpha value is -1.20. The van der Waals surface area contributed by atoms with Crippen molar-refractivity contribution in [3.63, 3.8) is 0 Å². The first-order valence-electron chi connectivity index (χ1n) is 5.78. The zero-order chi connectivity index (χ0) is 13.0. The van der Waals surface area contributed by atoms with Crippen LogP contribution in [0.15, 0.2) is 41.4 Å². The van der Waals surface area contributed by atoms with Crippen LogP contribution in [0.1, 0.15) is 12.5 Å². The molecule has 0 bridgehead atoms. The van der Waals surface area contributed by atoms with Gasteiger partial charge in [0.05, 0.1) is 6.33 Å². The highest BCUT2D eigenvalue weighted by Gasteiger charge is 2.06. The molecule has 2 aromatic rings. The minimum absolute atomic E-state index is 0.188.